The van der Waals surface area contributed by atoms with Crippen molar-refractivity contribution in [3.8, 4) is 5.75 Å². The highest BCUT2D eigenvalue weighted by Crippen LogP contribution is 2.22. The van der Waals surface area contributed by atoms with Gasteiger partial charge in [-0.05, 0) is 36.7 Å². The molecule has 0 radical (unpaired) electrons. The molecule has 0 saturated heterocycles. The fourth-order valence-electron chi connectivity index (χ4n) is 1.39. The zero-order valence-electron chi connectivity index (χ0n) is 9.09. The van der Waals surface area contributed by atoms with Gasteiger partial charge < -0.3 is 10.5 Å². The van der Waals surface area contributed by atoms with E-state index in [1.165, 1.54) is 12.0 Å². The van der Waals surface area contributed by atoms with E-state index in [1.807, 2.05) is 12.1 Å². The fourth-order valence-corrected chi connectivity index (χ4v) is 1.79. The van der Waals surface area contributed by atoms with Crippen LogP contribution in [0.25, 0.3) is 0 Å². The van der Waals surface area contributed by atoms with Crippen LogP contribution in [0, 0.1) is 0 Å². The predicted molar refractivity (Wildman–Crippen MR) is 70.5 cm³/mol. The van der Waals surface area contributed by atoms with Crippen molar-refractivity contribution >= 4 is 28.2 Å². The van der Waals surface area contributed by atoms with Gasteiger partial charge in [-0.25, -0.2) is 8.42 Å². The van der Waals surface area contributed by atoms with E-state index in [4.69, 9.17) is 10.5 Å². The topological polar surface area (TPSA) is 81.4 Å². The Labute approximate surface area is 107 Å². The van der Waals surface area contributed by atoms with E-state index >= 15 is 0 Å². The first-order valence-corrected chi connectivity index (χ1v) is 6.59. The Kier molecular flexibility index (Phi) is 5.71. The summed E-state index contributed by atoms with van der Waals surface area (Å²) in [6.07, 6.45) is 2.34. The van der Waals surface area contributed by atoms with Crippen molar-refractivity contribution in [2.45, 2.75) is 12.8 Å². The number of benzene rings is 1. The number of hydrogen-bond acceptors (Lipinski definition) is 4. The van der Waals surface area contributed by atoms with Crippen LogP contribution in [-0.2, 0) is 17.3 Å². The third-order valence-corrected chi connectivity index (χ3v) is 2.70. The first-order chi connectivity index (χ1) is 8.09. The second kappa shape index (κ2) is 7.08. The predicted octanol–water partition coefficient (Wildman–Crippen LogP) is 0.358. The minimum atomic E-state index is -2.66. The maximum Gasteiger partial charge on any atom is 0.224 e. The van der Waals surface area contributed by atoms with Crippen LogP contribution in [0.5, 0.6) is 5.75 Å². The molecule has 94 valence electrons. The lowest BCUT2D eigenvalue weighted by Gasteiger charge is -2.15. The van der Waals surface area contributed by atoms with E-state index in [2.05, 4.69) is 24.4 Å². The third-order valence-electron chi connectivity index (χ3n) is 2.02. The molecule has 1 aliphatic rings. The standard InChI is InChI=1S/C9H10O.CH4N2O2S2/c1-2-6-9-8(4-1)5-3-7-10-9;2-1(6)3-7(4)5/h1-2,4,6H,3,5,7H2;7H,(H3,2,3,4,5,6). The average molecular weight is 274 g/mol. The summed E-state index contributed by atoms with van der Waals surface area (Å²) in [4.78, 5) is 0. The summed E-state index contributed by atoms with van der Waals surface area (Å²) in [5.74, 6) is 1.08. The molecule has 7 heteroatoms. The van der Waals surface area contributed by atoms with Gasteiger partial charge in [-0.2, -0.15) is 0 Å². The maximum atomic E-state index is 9.57. The quantitative estimate of drug-likeness (QED) is 0.509. The highest BCUT2D eigenvalue weighted by Gasteiger charge is 2.06. The van der Waals surface area contributed by atoms with E-state index in [1.54, 1.807) is 4.72 Å². The van der Waals surface area contributed by atoms with E-state index in [0.717, 1.165) is 18.8 Å². The molecule has 0 atom stereocenters. The number of ether oxygens (including phenoxy) is 1. The molecule has 0 fully saturated rings. The lowest BCUT2D eigenvalue weighted by molar-refractivity contribution is 0.288. The molecule has 2 rings (SSSR count). The van der Waals surface area contributed by atoms with Crippen molar-refractivity contribution in [2.24, 2.45) is 5.73 Å². The lowest BCUT2D eigenvalue weighted by atomic mass is 10.1. The molecule has 3 N–H and O–H groups in total. The SMILES string of the molecule is NC(=S)N[SH](=O)=O.c1ccc2c(c1)CCCO2. The van der Waals surface area contributed by atoms with E-state index in [-0.39, 0.29) is 5.11 Å². The lowest BCUT2D eigenvalue weighted by Crippen LogP contribution is -2.27. The highest BCUT2D eigenvalue weighted by atomic mass is 32.2. The molecule has 1 aliphatic heterocycles. The first kappa shape index (κ1) is 13.7. The summed E-state index contributed by atoms with van der Waals surface area (Å²) in [6, 6.07) is 8.25. The van der Waals surface area contributed by atoms with Gasteiger partial charge in [0.1, 0.15) is 5.75 Å². The number of aryl methyl sites for hydroxylation is 1. The van der Waals surface area contributed by atoms with Gasteiger partial charge in [-0.1, -0.05) is 18.2 Å². The molecule has 1 aromatic carbocycles. The molecule has 0 spiro atoms. The Morgan fingerprint density at radius 3 is 2.65 bits per heavy atom. The minimum Gasteiger partial charge on any atom is -0.493 e. The van der Waals surface area contributed by atoms with Crippen molar-refractivity contribution < 1.29 is 13.2 Å². The summed E-state index contributed by atoms with van der Waals surface area (Å²) >= 11 is 4.15. The number of fused-ring (bicyclic) bond motifs is 1. The Balaban J connectivity index is 0.000000185. The Bertz CT molecular complexity index is 428. The number of nitrogens with one attached hydrogen (secondary N) is 1. The molecule has 5 nitrogen and oxygen atoms in total. The van der Waals surface area contributed by atoms with Gasteiger partial charge in [0, 0.05) is 0 Å². The van der Waals surface area contributed by atoms with Gasteiger partial charge in [-0.15, -0.1) is 0 Å². The monoisotopic (exact) mass is 274 g/mol. The Hall–Kier alpha value is -1.34. The van der Waals surface area contributed by atoms with E-state index in [9.17, 15) is 8.42 Å². The third kappa shape index (κ3) is 5.50. The van der Waals surface area contributed by atoms with Crippen LogP contribution in [0.3, 0.4) is 0 Å². The largest absolute Gasteiger partial charge is 0.493 e. The van der Waals surface area contributed by atoms with Gasteiger partial charge >= 0.3 is 0 Å². The molecule has 17 heavy (non-hydrogen) atoms. The van der Waals surface area contributed by atoms with Crippen molar-refractivity contribution in [1.82, 2.24) is 4.72 Å². The summed E-state index contributed by atoms with van der Waals surface area (Å²) in [5.41, 5.74) is 6.09. The number of thiocarbonyl (C=S) groups is 1. The van der Waals surface area contributed by atoms with Crippen molar-refractivity contribution in [2.75, 3.05) is 6.61 Å². The number of nitrogens with two attached hydrogens (primary N) is 1. The number of thiol groups is 1. The molecule has 1 heterocycles. The zero-order valence-corrected chi connectivity index (χ0v) is 10.8. The molecular weight excluding hydrogens is 260 g/mol. The summed E-state index contributed by atoms with van der Waals surface area (Å²) in [7, 11) is -2.66. The van der Waals surface area contributed by atoms with Crippen molar-refractivity contribution in [3.05, 3.63) is 29.8 Å². The van der Waals surface area contributed by atoms with Crippen LogP contribution in [-0.4, -0.2) is 20.1 Å². The molecule has 0 aromatic heterocycles. The van der Waals surface area contributed by atoms with Crippen molar-refractivity contribution in [3.63, 3.8) is 0 Å². The molecule has 0 saturated carbocycles. The Morgan fingerprint density at radius 1 is 1.41 bits per heavy atom. The van der Waals surface area contributed by atoms with Crippen LogP contribution in [0.2, 0.25) is 0 Å². The van der Waals surface area contributed by atoms with Gasteiger partial charge in [0.25, 0.3) is 0 Å². The smallest absolute Gasteiger partial charge is 0.224 e. The Morgan fingerprint density at radius 2 is 2.12 bits per heavy atom. The normalized spacial score (nSPS) is 12.8. The number of para-hydroxylation sites is 1. The molecular formula is C10H14N2O3S2. The van der Waals surface area contributed by atoms with E-state index in [0.29, 0.717) is 0 Å². The van der Waals surface area contributed by atoms with Crippen LogP contribution in [0.1, 0.15) is 12.0 Å². The van der Waals surface area contributed by atoms with Crippen LogP contribution in [0.15, 0.2) is 24.3 Å². The maximum absolute atomic E-state index is 9.57. The second-order valence-corrected chi connectivity index (χ2v) is 4.47. The van der Waals surface area contributed by atoms with Crippen LogP contribution < -0.4 is 15.2 Å². The van der Waals surface area contributed by atoms with E-state index < -0.39 is 10.9 Å². The van der Waals surface area contributed by atoms with Crippen LogP contribution >= 0.6 is 12.2 Å². The second-order valence-electron chi connectivity index (χ2n) is 3.29. The van der Waals surface area contributed by atoms with Crippen LogP contribution in [0.4, 0.5) is 0 Å². The average Bonchev–Trinajstić information content (AvgIpc) is 2.28. The van der Waals surface area contributed by atoms with Gasteiger partial charge in [0.15, 0.2) is 5.11 Å². The first-order valence-electron chi connectivity index (χ1n) is 5.01. The molecule has 0 unspecified atom stereocenters. The minimum absolute atomic E-state index is 0.226. The number of hydrogen-bond donors (Lipinski definition) is 3. The molecule has 0 amide bonds. The fraction of sp³-hybridized carbons (Fsp3) is 0.300. The van der Waals surface area contributed by atoms with Gasteiger partial charge in [0.2, 0.25) is 10.9 Å². The highest BCUT2D eigenvalue weighted by molar-refractivity contribution is 7.82. The summed E-state index contributed by atoms with van der Waals surface area (Å²) in [6.45, 7) is 0.886. The van der Waals surface area contributed by atoms with Gasteiger partial charge in [-0.3, -0.25) is 4.72 Å². The molecule has 0 bridgehead atoms. The van der Waals surface area contributed by atoms with Gasteiger partial charge in [0.05, 0.1) is 6.61 Å². The number of rotatable bonds is 1. The zero-order chi connectivity index (χ0) is 12.7. The molecule has 1 aromatic rings. The summed E-state index contributed by atoms with van der Waals surface area (Å²) in [5, 5.41) is -0.226. The van der Waals surface area contributed by atoms with Crippen molar-refractivity contribution in [1.29, 1.82) is 0 Å². The summed E-state index contributed by atoms with van der Waals surface area (Å²) < 4.78 is 26.3. The molecule has 0 aliphatic carbocycles.